The summed E-state index contributed by atoms with van der Waals surface area (Å²) in [6.07, 6.45) is 0. The first-order chi connectivity index (χ1) is 7.56. The van der Waals surface area contributed by atoms with Crippen LogP contribution in [0.2, 0.25) is 0 Å². The van der Waals surface area contributed by atoms with Crippen molar-refractivity contribution in [2.75, 3.05) is 13.7 Å². The summed E-state index contributed by atoms with van der Waals surface area (Å²) in [7, 11) is 1.59. The Morgan fingerprint density at radius 1 is 1.38 bits per heavy atom. The van der Waals surface area contributed by atoms with Crippen LogP contribution in [0.3, 0.4) is 0 Å². The lowest BCUT2D eigenvalue weighted by atomic mass is 9.93. The van der Waals surface area contributed by atoms with Gasteiger partial charge in [0, 0.05) is 18.0 Å². The van der Waals surface area contributed by atoms with E-state index in [1.807, 2.05) is 19.9 Å². The molecule has 2 rings (SSSR count). The number of hydrogen-bond acceptors (Lipinski definition) is 4. The standard InChI is InChI=1S/C11H16N4O/c1-11(2,6-12)10-13-7-4-5-8(16-3)14-9(7)15-10/h4-5H,6,12H2,1-3H3,(H,13,14,15). The van der Waals surface area contributed by atoms with Crippen LogP contribution in [0.4, 0.5) is 0 Å². The Morgan fingerprint density at radius 3 is 2.75 bits per heavy atom. The monoisotopic (exact) mass is 220 g/mol. The SMILES string of the molecule is COc1ccc2[nH]c(C(C)(C)CN)nc2n1. The molecule has 2 aromatic rings. The molecular formula is C11H16N4O. The molecule has 0 fully saturated rings. The molecule has 16 heavy (non-hydrogen) atoms. The van der Waals surface area contributed by atoms with E-state index in [4.69, 9.17) is 10.5 Å². The molecular weight excluding hydrogens is 204 g/mol. The topological polar surface area (TPSA) is 76.8 Å². The van der Waals surface area contributed by atoms with Gasteiger partial charge in [-0.2, -0.15) is 4.98 Å². The molecule has 0 spiro atoms. The molecule has 0 unspecified atom stereocenters. The van der Waals surface area contributed by atoms with Crippen LogP contribution in [0.1, 0.15) is 19.7 Å². The van der Waals surface area contributed by atoms with Crippen molar-refractivity contribution in [2.24, 2.45) is 5.73 Å². The van der Waals surface area contributed by atoms with E-state index in [0.29, 0.717) is 18.1 Å². The fourth-order valence-corrected chi connectivity index (χ4v) is 1.41. The third kappa shape index (κ3) is 1.74. The molecule has 86 valence electrons. The summed E-state index contributed by atoms with van der Waals surface area (Å²) < 4.78 is 5.05. The molecule has 5 heteroatoms. The van der Waals surface area contributed by atoms with E-state index < -0.39 is 0 Å². The number of pyridine rings is 1. The zero-order chi connectivity index (χ0) is 11.8. The van der Waals surface area contributed by atoms with Gasteiger partial charge < -0.3 is 15.5 Å². The molecule has 3 N–H and O–H groups in total. The molecule has 2 heterocycles. The first-order valence-corrected chi connectivity index (χ1v) is 5.18. The van der Waals surface area contributed by atoms with Crippen LogP contribution in [0.5, 0.6) is 5.88 Å². The number of imidazole rings is 1. The number of hydrogen-bond donors (Lipinski definition) is 2. The van der Waals surface area contributed by atoms with E-state index in [1.54, 1.807) is 13.2 Å². The lowest BCUT2D eigenvalue weighted by molar-refractivity contribution is 0.399. The average Bonchev–Trinajstić information content (AvgIpc) is 2.72. The molecule has 0 aliphatic rings. The highest BCUT2D eigenvalue weighted by Crippen LogP contribution is 2.22. The average molecular weight is 220 g/mol. The van der Waals surface area contributed by atoms with Gasteiger partial charge in [-0.3, -0.25) is 0 Å². The number of fused-ring (bicyclic) bond motifs is 1. The highest BCUT2D eigenvalue weighted by atomic mass is 16.5. The molecule has 5 nitrogen and oxygen atoms in total. The predicted octanol–water partition coefficient (Wildman–Crippen LogP) is 1.20. The van der Waals surface area contributed by atoms with Gasteiger partial charge in [-0.05, 0) is 6.07 Å². The van der Waals surface area contributed by atoms with Gasteiger partial charge in [0.05, 0.1) is 12.6 Å². The molecule has 0 aliphatic heterocycles. The van der Waals surface area contributed by atoms with E-state index in [2.05, 4.69) is 15.0 Å². The van der Waals surface area contributed by atoms with Crippen molar-refractivity contribution in [1.82, 2.24) is 15.0 Å². The Labute approximate surface area is 94.0 Å². The molecule has 0 atom stereocenters. The van der Waals surface area contributed by atoms with E-state index in [0.717, 1.165) is 11.3 Å². The number of methoxy groups -OCH3 is 1. The number of rotatable bonds is 3. The summed E-state index contributed by atoms with van der Waals surface area (Å²) in [6, 6.07) is 3.71. The molecule has 0 saturated carbocycles. The molecule has 0 radical (unpaired) electrons. The maximum Gasteiger partial charge on any atom is 0.215 e. The Bertz CT molecular complexity index is 504. The number of aromatic nitrogens is 3. The maximum atomic E-state index is 5.71. The molecule has 0 aromatic carbocycles. The molecule has 0 saturated heterocycles. The lowest BCUT2D eigenvalue weighted by Crippen LogP contribution is -2.29. The van der Waals surface area contributed by atoms with Gasteiger partial charge >= 0.3 is 0 Å². The molecule has 0 bridgehead atoms. The predicted molar refractivity (Wildman–Crippen MR) is 62.5 cm³/mol. The van der Waals surface area contributed by atoms with Crippen LogP contribution in [0.25, 0.3) is 11.2 Å². The number of H-pyrrole nitrogens is 1. The zero-order valence-electron chi connectivity index (χ0n) is 9.74. The van der Waals surface area contributed by atoms with E-state index in [1.165, 1.54) is 0 Å². The van der Waals surface area contributed by atoms with Gasteiger partial charge in [0.2, 0.25) is 5.88 Å². The second-order valence-electron chi connectivity index (χ2n) is 4.40. The van der Waals surface area contributed by atoms with Gasteiger partial charge in [0.1, 0.15) is 5.82 Å². The largest absolute Gasteiger partial charge is 0.481 e. The quantitative estimate of drug-likeness (QED) is 0.815. The fourth-order valence-electron chi connectivity index (χ4n) is 1.41. The van der Waals surface area contributed by atoms with Gasteiger partial charge in [0.25, 0.3) is 0 Å². The van der Waals surface area contributed by atoms with Crippen molar-refractivity contribution in [3.8, 4) is 5.88 Å². The van der Waals surface area contributed by atoms with Crippen molar-refractivity contribution in [3.63, 3.8) is 0 Å². The lowest BCUT2D eigenvalue weighted by Gasteiger charge is -2.18. The highest BCUT2D eigenvalue weighted by molar-refractivity contribution is 5.71. The van der Waals surface area contributed by atoms with Crippen molar-refractivity contribution in [2.45, 2.75) is 19.3 Å². The molecule has 0 aliphatic carbocycles. The smallest absolute Gasteiger partial charge is 0.215 e. The summed E-state index contributed by atoms with van der Waals surface area (Å²) >= 11 is 0. The number of ether oxygens (including phenoxy) is 1. The summed E-state index contributed by atoms with van der Waals surface area (Å²) in [5.41, 5.74) is 7.10. The van der Waals surface area contributed by atoms with Crippen LogP contribution in [0.15, 0.2) is 12.1 Å². The van der Waals surface area contributed by atoms with E-state index in [9.17, 15) is 0 Å². The molecule has 0 amide bonds. The summed E-state index contributed by atoms with van der Waals surface area (Å²) in [4.78, 5) is 11.9. The van der Waals surface area contributed by atoms with Crippen LogP contribution in [-0.2, 0) is 5.41 Å². The first kappa shape index (κ1) is 10.9. The Morgan fingerprint density at radius 2 is 2.12 bits per heavy atom. The summed E-state index contributed by atoms with van der Waals surface area (Å²) in [6.45, 7) is 4.62. The van der Waals surface area contributed by atoms with Crippen LogP contribution in [0, 0.1) is 0 Å². The third-order valence-electron chi connectivity index (χ3n) is 2.68. The molecule has 2 aromatic heterocycles. The Balaban J connectivity index is 2.52. The Kier molecular flexibility index (Phi) is 2.55. The minimum atomic E-state index is -0.173. The van der Waals surface area contributed by atoms with Crippen LogP contribution >= 0.6 is 0 Å². The fraction of sp³-hybridized carbons (Fsp3) is 0.455. The van der Waals surface area contributed by atoms with Gasteiger partial charge in [0.15, 0.2) is 5.65 Å². The number of nitrogens with one attached hydrogen (secondary N) is 1. The third-order valence-corrected chi connectivity index (χ3v) is 2.68. The number of nitrogens with two attached hydrogens (primary N) is 1. The van der Waals surface area contributed by atoms with Gasteiger partial charge in [-0.15, -0.1) is 0 Å². The van der Waals surface area contributed by atoms with Crippen molar-refractivity contribution < 1.29 is 4.74 Å². The summed E-state index contributed by atoms with van der Waals surface area (Å²) in [5, 5.41) is 0. The van der Waals surface area contributed by atoms with Gasteiger partial charge in [-0.25, -0.2) is 4.98 Å². The van der Waals surface area contributed by atoms with Crippen LogP contribution < -0.4 is 10.5 Å². The van der Waals surface area contributed by atoms with E-state index >= 15 is 0 Å². The second kappa shape index (κ2) is 3.75. The zero-order valence-corrected chi connectivity index (χ0v) is 9.74. The number of nitrogens with zero attached hydrogens (tertiary/aromatic N) is 2. The van der Waals surface area contributed by atoms with Crippen molar-refractivity contribution >= 4 is 11.2 Å². The highest BCUT2D eigenvalue weighted by Gasteiger charge is 2.22. The van der Waals surface area contributed by atoms with Gasteiger partial charge in [-0.1, -0.05) is 13.8 Å². The Hall–Kier alpha value is -1.62. The number of aromatic amines is 1. The summed E-state index contributed by atoms with van der Waals surface area (Å²) in [5.74, 6) is 1.42. The van der Waals surface area contributed by atoms with Crippen molar-refractivity contribution in [3.05, 3.63) is 18.0 Å². The minimum Gasteiger partial charge on any atom is -0.481 e. The first-order valence-electron chi connectivity index (χ1n) is 5.18. The normalized spacial score (nSPS) is 12.0. The van der Waals surface area contributed by atoms with Crippen molar-refractivity contribution in [1.29, 1.82) is 0 Å². The van der Waals surface area contributed by atoms with E-state index in [-0.39, 0.29) is 5.41 Å². The second-order valence-corrected chi connectivity index (χ2v) is 4.40. The minimum absolute atomic E-state index is 0.173. The van der Waals surface area contributed by atoms with Crippen LogP contribution in [-0.4, -0.2) is 28.6 Å². The maximum absolute atomic E-state index is 5.71.